The average Bonchev–Trinajstić information content (AvgIpc) is 2.70. The Morgan fingerprint density at radius 1 is 0.625 bits per heavy atom. The molecule has 3 rings (SSSR count). The van der Waals surface area contributed by atoms with Crippen molar-refractivity contribution >= 4 is 54.6 Å². The summed E-state index contributed by atoms with van der Waals surface area (Å²) < 4.78 is 55.4. The predicted octanol–water partition coefficient (Wildman–Crippen LogP) is 5.89. The maximum absolute atomic E-state index is 12.7. The van der Waals surface area contributed by atoms with E-state index in [9.17, 15) is 16.8 Å². The van der Waals surface area contributed by atoms with Crippen LogP contribution in [0, 0.1) is 0 Å². The van der Waals surface area contributed by atoms with Crippen molar-refractivity contribution in [2.75, 3.05) is 9.44 Å². The van der Waals surface area contributed by atoms with Gasteiger partial charge in [-0.25, -0.2) is 16.8 Å². The molecule has 0 amide bonds. The van der Waals surface area contributed by atoms with Crippen molar-refractivity contribution in [3.63, 3.8) is 0 Å². The van der Waals surface area contributed by atoms with Crippen molar-refractivity contribution in [3.8, 4) is 0 Å². The van der Waals surface area contributed by atoms with Gasteiger partial charge in [-0.3, -0.25) is 9.44 Å². The molecule has 0 radical (unpaired) electrons. The lowest BCUT2D eigenvalue weighted by Crippen LogP contribution is -2.15. The number of rotatable bonds is 6. The third kappa shape index (κ3) is 5.75. The van der Waals surface area contributed by atoms with Gasteiger partial charge in [-0.15, -0.1) is 0 Å². The normalized spacial score (nSPS) is 12.4. The molecule has 3 aromatic rings. The van der Waals surface area contributed by atoms with Crippen molar-refractivity contribution in [2.45, 2.75) is 36.0 Å². The molecule has 0 saturated carbocycles. The fourth-order valence-electron chi connectivity index (χ4n) is 2.82. The van der Waals surface area contributed by atoms with E-state index in [0.717, 1.165) is 5.56 Å². The topological polar surface area (TPSA) is 92.3 Å². The van der Waals surface area contributed by atoms with Crippen LogP contribution in [0.2, 0.25) is 10.0 Å². The minimum Gasteiger partial charge on any atom is -0.280 e. The molecule has 0 aliphatic rings. The van der Waals surface area contributed by atoms with Gasteiger partial charge in [0.25, 0.3) is 20.0 Å². The van der Waals surface area contributed by atoms with Gasteiger partial charge in [-0.2, -0.15) is 0 Å². The number of nitrogens with one attached hydrogen (secondary N) is 2. The molecule has 170 valence electrons. The zero-order chi connectivity index (χ0) is 23.7. The van der Waals surface area contributed by atoms with E-state index in [1.54, 1.807) is 24.3 Å². The van der Waals surface area contributed by atoms with E-state index in [-0.39, 0.29) is 31.6 Å². The smallest absolute Gasteiger partial charge is 0.261 e. The Labute approximate surface area is 198 Å². The summed E-state index contributed by atoms with van der Waals surface area (Å²) in [4.78, 5) is 0.0736. The molecule has 10 heteroatoms. The summed E-state index contributed by atoms with van der Waals surface area (Å²) in [5.41, 5.74) is 1.41. The molecule has 0 heterocycles. The molecular formula is C22H22Cl2N2O4S2. The van der Waals surface area contributed by atoms with Crippen LogP contribution in [0.15, 0.2) is 76.5 Å². The minimum atomic E-state index is -3.90. The Morgan fingerprint density at radius 2 is 1.06 bits per heavy atom. The quantitative estimate of drug-likeness (QED) is 0.430. The standard InChI is InChI=1S/C22H22Cl2N2O4S2/c1-22(2,3)15-4-9-18(10-5-15)31(27,28)25-16-6-11-19(12-7-16)32(29,30)26-17-8-13-20(23)21(24)14-17/h4-14,25-26H,1-3H3. The molecule has 0 unspecified atom stereocenters. The highest BCUT2D eigenvalue weighted by atomic mass is 35.5. The van der Waals surface area contributed by atoms with Gasteiger partial charge in [-0.1, -0.05) is 56.1 Å². The fraction of sp³-hybridized carbons (Fsp3) is 0.182. The second-order valence-electron chi connectivity index (χ2n) is 8.14. The van der Waals surface area contributed by atoms with Crippen LogP contribution < -0.4 is 9.44 Å². The van der Waals surface area contributed by atoms with Crippen LogP contribution in [0.5, 0.6) is 0 Å². The van der Waals surface area contributed by atoms with Crippen LogP contribution in [0.1, 0.15) is 26.3 Å². The number of halogens is 2. The lowest BCUT2D eigenvalue weighted by atomic mass is 9.87. The fourth-order valence-corrected chi connectivity index (χ4v) is 5.23. The number of benzene rings is 3. The van der Waals surface area contributed by atoms with Gasteiger partial charge in [-0.05, 0) is 65.6 Å². The molecule has 6 nitrogen and oxygen atoms in total. The third-order valence-electron chi connectivity index (χ3n) is 4.62. The lowest BCUT2D eigenvalue weighted by Gasteiger charge is -2.19. The third-order valence-corrected chi connectivity index (χ3v) is 8.15. The molecule has 0 aromatic heterocycles. The van der Waals surface area contributed by atoms with Crippen molar-refractivity contribution < 1.29 is 16.8 Å². The Balaban J connectivity index is 1.76. The molecule has 0 aliphatic carbocycles. The van der Waals surface area contributed by atoms with Crippen LogP contribution >= 0.6 is 23.2 Å². The van der Waals surface area contributed by atoms with E-state index >= 15 is 0 Å². The van der Waals surface area contributed by atoms with Crippen LogP contribution in [0.3, 0.4) is 0 Å². The summed E-state index contributed by atoms with van der Waals surface area (Å²) in [6, 6.07) is 16.4. The first-order valence-corrected chi connectivity index (χ1v) is 13.2. The second-order valence-corrected chi connectivity index (χ2v) is 12.3. The van der Waals surface area contributed by atoms with E-state index in [4.69, 9.17) is 23.2 Å². The zero-order valence-electron chi connectivity index (χ0n) is 17.6. The largest absolute Gasteiger partial charge is 0.280 e. The van der Waals surface area contributed by atoms with E-state index in [1.165, 1.54) is 42.5 Å². The predicted molar refractivity (Wildman–Crippen MR) is 130 cm³/mol. The van der Waals surface area contributed by atoms with Crippen LogP contribution in [-0.4, -0.2) is 16.8 Å². The molecule has 32 heavy (non-hydrogen) atoms. The summed E-state index contributed by atoms with van der Waals surface area (Å²) in [5, 5.41) is 0.520. The molecule has 0 bridgehead atoms. The van der Waals surface area contributed by atoms with Gasteiger partial charge >= 0.3 is 0 Å². The Hall–Kier alpha value is -2.26. The van der Waals surface area contributed by atoms with Crippen LogP contribution in [0.4, 0.5) is 11.4 Å². The van der Waals surface area contributed by atoms with Gasteiger partial charge < -0.3 is 0 Å². The van der Waals surface area contributed by atoms with Crippen molar-refractivity contribution in [3.05, 3.63) is 82.3 Å². The minimum absolute atomic E-state index is 0.0407. The van der Waals surface area contributed by atoms with Gasteiger partial charge in [0.15, 0.2) is 0 Å². The number of hydrogen-bond donors (Lipinski definition) is 2. The number of hydrogen-bond acceptors (Lipinski definition) is 4. The molecule has 0 fully saturated rings. The first-order valence-electron chi connectivity index (χ1n) is 9.49. The summed E-state index contributed by atoms with van der Waals surface area (Å²) >= 11 is 11.8. The molecule has 3 aromatic carbocycles. The van der Waals surface area contributed by atoms with Gasteiger partial charge in [0.2, 0.25) is 0 Å². The Bertz CT molecular complexity index is 1330. The Kier molecular flexibility index (Phi) is 6.81. The van der Waals surface area contributed by atoms with Crippen molar-refractivity contribution in [1.29, 1.82) is 0 Å². The molecule has 0 saturated heterocycles. The van der Waals surface area contributed by atoms with E-state index in [0.29, 0.717) is 5.02 Å². The first kappa shape index (κ1) is 24.4. The number of anilines is 2. The van der Waals surface area contributed by atoms with Crippen molar-refractivity contribution in [2.24, 2.45) is 0 Å². The van der Waals surface area contributed by atoms with E-state index < -0.39 is 20.0 Å². The van der Waals surface area contributed by atoms with E-state index in [2.05, 4.69) is 9.44 Å². The van der Waals surface area contributed by atoms with Gasteiger partial charge in [0.1, 0.15) is 0 Å². The summed E-state index contributed by atoms with van der Waals surface area (Å²) in [6.07, 6.45) is 0. The average molecular weight is 513 g/mol. The monoisotopic (exact) mass is 512 g/mol. The Morgan fingerprint density at radius 3 is 1.53 bits per heavy atom. The molecule has 2 N–H and O–H groups in total. The molecule has 0 aliphatic heterocycles. The highest BCUT2D eigenvalue weighted by molar-refractivity contribution is 7.93. The summed E-state index contributed by atoms with van der Waals surface area (Å²) in [6.45, 7) is 6.13. The molecule has 0 atom stereocenters. The second kappa shape index (κ2) is 8.94. The SMILES string of the molecule is CC(C)(C)c1ccc(S(=O)(=O)Nc2ccc(S(=O)(=O)Nc3ccc(Cl)c(Cl)c3)cc2)cc1. The van der Waals surface area contributed by atoms with E-state index in [1.807, 2.05) is 20.8 Å². The number of sulfonamides is 2. The highest BCUT2D eigenvalue weighted by Gasteiger charge is 2.19. The first-order chi connectivity index (χ1) is 14.8. The van der Waals surface area contributed by atoms with Gasteiger partial charge in [0, 0.05) is 5.69 Å². The van der Waals surface area contributed by atoms with Crippen molar-refractivity contribution in [1.82, 2.24) is 0 Å². The zero-order valence-corrected chi connectivity index (χ0v) is 20.7. The van der Waals surface area contributed by atoms with Gasteiger partial charge in [0.05, 0.1) is 25.5 Å². The van der Waals surface area contributed by atoms with Crippen LogP contribution in [-0.2, 0) is 25.5 Å². The highest BCUT2D eigenvalue weighted by Crippen LogP contribution is 2.27. The maximum atomic E-state index is 12.7. The summed E-state index contributed by atoms with van der Waals surface area (Å²) in [5.74, 6) is 0. The molecule has 0 spiro atoms. The maximum Gasteiger partial charge on any atom is 0.261 e. The van der Waals surface area contributed by atoms with Crippen LogP contribution in [0.25, 0.3) is 0 Å². The molecular weight excluding hydrogens is 491 g/mol. The summed E-state index contributed by atoms with van der Waals surface area (Å²) in [7, 11) is -7.73. The lowest BCUT2D eigenvalue weighted by molar-refractivity contribution is 0.587.